The van der Waals surface area contributed by atoms with Crippen LogP contribution in [-0.2, 0) is 11.3 Å². The number of halogens is 3. The van der Waals surface area contributed by atoms with Gasteiger partial charge in [0.15, 0.2) is 5.52 Å². The van der Waals surface area contributed by atoms with Gasteiger partial charge in [-0.3, -0.25) is 9.69 Å². The molecule has 0 radical (unpaired) electrons. The van der Waals surface area contributed by atoms with E-state index in [-0.39, 0.29) is 36.3 Å². The average Bonchev–Trinajstić information content (AvgIpc) is 3.36. The van der Waals surface area contributed by atoms with Gasteiger partial charge in [0.25, 0.3) is 5.56 Å². The molecule has 33 heavy (non-hydrogen) atoms. The highest BCUT2D eigenvalue weighted by Crippen LogP contribution is 2.44. The quantitative estimate of drug-likeness (QED) is 0.644. The third kappa shape index (κ3) is 4.17. The van der Waals surface area contributed by atoms with E-state index in [1.165, 1.54) is 15.6 Å². The van der Waals surface area contributed by atoms with Crippen molar-refractivity contribution >= 4 is 5.52 Å². The number of hydrogen-bond donors (Lipinski definition) is 1. The van der Waals surface area contributed by atoms with Crippen LogP contribution in [0, 0.1) is 5.92 Å². The van der Waals surface area contributed by atoms with Crippen LogP contribution in [0.25, 0.3) is 5.52 Å². The van der Waals surface area contributed by atoms with Gasteiger partial charge in [-0.05, 0) is 24.3 Å². The van der Waals surface area contributed by atoms with E-state index >= 15 is 0 Å². The summed E-state index contributed by atoms with van der Waals surface area (Å²) in [6, 6.07) is 7.37. The van der Waals surface area contributed by atoms with E-state index in [4.69, 9.17) is 4.74 Å². The first-order valence-corrected chi connectivity index (χ1v) is 11.2. The van der Waals surface area contributed by atoms with E-state index in [0.717, 1.165) is 18.4 Å². The molecule has 4 heterocycles. The average molecular weight is 461 g/mol. The Balaban J connectivity index is 1.55. The van der Waals surface area contributed by atoms with Gasteiger partial charge < -0.3 is 9.72 Å². The maximum Gasteiger partial charge on any atom is 0.404 e. The van der Waals surface area contributed by atoms with Gasteiger partial charge in [0, 0.05) is 38.1 Å². The molecule has 1 N–H and O–H groups in total. The summed E-state index contributed by atoms with van der Waals surface area (Å²) in [6.45, 7) is 3.38. The van der Waals surface area contributed by atoms with Gasteiger partial charge in [-0.2, -0.15) is 18.3 Å². The Morgan fingerprint density at radius 2 is 1.91 bits per heavy atom. The number of fused-ring (bicyclic) bond motifs is 1. The maximum absolute atomic E-state index is 14.4. The van der Waals surface area contributed by atoms with Crippen molar-refractivity contribution in [1.29, 1.82) is 0 Å². The molecular formula is C23H26F3N5O2. The molecular weight excluding hydrogens is 435 g/mol. The number of hydrogen-bond acceptors (Lipinski definition) is 5. The summed E-state index contributed by atoms with van der Waals surface area (Å²) in [5.41, 5.74) is 0.587. The number of nitrogens with zero attached hydrogens (tertiary/aromatic N) is 4. The number of ether oxygens (including phenoxy) is 1. The van der Waals surface area contributed by atoms with E-state index in [0.29, 0.717) is 19.0 Å². The molecule has 2 aliphatic rings. The Labute approximate surface area is 188 Å². The SMILES string of the molecule is CC1CN(Cc2ccccc2)C(C(F)(F)F)C1c1nn2c(C3CCOCC3)ncc2c(=O)[nH]1. The number of benzene rings is 1. The maximum atomic E-state index is 14.4. The molecule has 10 heteroatoms. The number of rotatable bonds is 4. The number of aromatic amines is 1. The minimum atomic E-state index is -4.48. The lowest BCUT2D eigenvalue weighted by Crippen LogP contribution is -2.44. The molecule has 2 aromatic heterocycles. The van der Waals surface area contributed by atoms with Crippen LogP contribution in [0.3, 0.4) is 0 Å². The van der Waals surface area contributed by atoms with Crippen LogP contribution in [-0.4, -0.2) is 56.5 Å². The van der Waals surface area contributed by atoms with Gasteiger partial charge in [-0.15, -0.1) is 0 Å². The van der Waals surface area contributed by atoms with E-state index in [2.05, 4.69) is 15.1 Å². The molecule has 0 aliphatic carbocycles. The van der Waals surface area contributed by atoms with Crippen LogP contribution in [0.2, 0.25) is 0 Å². The zero-order chi connectivity index (χ0) is 23.2. The van der Waals surface area contributed by atoms with Crippen LogP contribution in [0.1, 0.15) is 48.8 Å². The molecule has 2 aliphatic heterocycles. The zero-order valence-corrected chi connectivity index (χ0v) is 18.3. The third-order valence-electron chi connectivity index (χ3n) is 6.78. The summed E-state index contributed by atoms with van der Waals surface area (Å²) >= 11 is 0. The van der Waals surface area contributed by atoms with E-state index < -0.39 is 23.7 Å². The van der Waals surface area contributed by atoms with Crippen molar-refractivity contribution in [3.63, 3.8) is 0 Å². The van der Waals surface area contributed by atoms with Gasteiger partial charge in [-0.1, -0.05) is 37.3 Å². The molecule has 176 valence electrons. The van der Waals surface area contributed by atoms with Gasteiger partial charge in [0.05, 0.1) is 6.20 Å². The number of imidazole rings is 1. The second-order valence-electron chi connectivity index (χ2n) is 9.04. The Bertz CT molecular complexity index is 1170. The van der Waals surface area contributed by atoms with Crippen LogP contribution in [0.4, 0.5) is 13.2 Å². The molecule has 3 unspecified atom stereocenters. The van der Waals surface area contributed by atoms with Crippen molar-refractivity contribution in [1.82, 2.24) is 24.5 Å². The minimum Gasteiger partial charge on any atom is -0.381 e. The van der Waals surface area contributed by atoms with Crippen LogP contribution in [0.5, 0.6) is 0 Å². The van der Waals surface area contributed by atoms with Crippen LogP contribution < -0.4 is 5.56 Å². The number of nitrogens with one attached hydrogen (secondary N) is 1. The smallest absolute Gasteiger partial charge is 0.381 e. The Morgan fingerprint density at radius 1 is 1.18 bits per heavy atom. The molecule has 2 fully saturated rings. The summed E-state index contributed by atoms with van der Waals surface area (Å²) < 4.78 is 49.9. The second kappa shape index (κ2) is 8.57. The number of aromatic nitrogens is 4. The van der Waals surface area contributed by atoms with Crippen molar-refractivity contribution in [2.75, 3.05) is 19.8 Å². The van der Waals surface area contributed by atoms with Crippen molar-refractivity contribution in [3.05, 3.63) is 64.1 Å². The van der Waals surface area contributed by atoms with Gasteiger partial charge in [0.1, 0.15) is 17.7 Å². The number of likely N-dealkylation sites (tertiary alicyclic amines) is 1. The topological polar surface area (TPSA) is 75.5 Å². The lowest BCUT2D eigenvalue weighted by molar-refractivity contribution is -0.181. The molecule has 0 saturated carbocycles. The minimum absolute atomic E-state index is 0.0531. The molecule has 5 rings (SSSR count). The summed E-state index contributed by atoms with van der Waals surface area (Å²) in [6.07, 6.45) is -1.56. The van der Waals surface area contributed by atoms with Crippen molar-refractivity contribution in [3.8, 4) is 0 Å². The molecule has 7 nitrogen and oxygen atoms in total. The molecule has 3 atom stereocenters. The molecule has 0 spiro atoms. The molecule has 0 amide bonds. The normalized spacial score (nSPS) is 25.2. The van der Waals surface area contributed by atoms with Gasteiger partial charge in [0.2, 0.25) is 0 Å². The van der Waals surface area contributed by atoms with Crippen LogP contribution >= 0.6 is 0 Å². The standard InChI is InChI=1S/C23H26F3N5O2/c1-14-12-30(13-15-5-3-2-4-6-15)19(23(24,25)26)18(14)20-28-22(32)17-11-27-21(31(17)29-20)16-7-9-33-10-8-16/h2-6,11,14,16,18-19H,7-10,12-13H2,1H3,(H,28,29,32). The molecule has 0 bridgehead atoms. The highest BCUT2D eigenvalue weighted by molar-refractivity contribution is 5.42. The highest BCUT2D eigenvalue weighted by atomic mass is 19.4. The van der Waals surface area contributed by atoms with E-state index in [1.54, 1.807) is 6.92 Å². The first-order valence-electron chi connectivity index (χ1n) is 11.2. The fourth-order valence-corrected chi connectivity index (χ4v) is 5.26. The molecule has 3 aromatic rings. The lowest BCUT2D eigenvalue weighted by Gasteiger charge is -2.30. The Kier molecular flexibility index (Phi) is 5.74. The lowest BCUT2D eigenvalue weighted by atomic mass is 9.90. The molecule has 1 aromatic carbocycles. The number of alkyl halides is 3. The zero-order valence-electron chi connectivity index (χ0n) is 18.3. The predicted octanol–water partition coefficient (Wildman–Crippen LogP) is 3.48. The summed E-state index contributed by atoms with van der Waals surface area (Å²) in [7, 11) is 0. The van der Waals surface area contributed by atoms with Crippen molar-refractivity contribution in [2.24, 2.45) is 5.92 Å². The number of H-pyrrole nitrogens is 1. The van der Waals surface area contributed by atoms with Gasteiger partial charge >= 0.3 is 6.18 Å². The second-order valence-corrected chi connectivity index (χ2v) is 9.04. The van der Waals surface area contributed by atoms with Gasteiger partial charge in [-0.25, -0.2) is 9.50 Å². The van der Waals surface area contributed by atoms with Crippen molar-refractivity contribution in [2.45, 2.75) is 50.4 Å². The fraction of sp³-hybridized carbons (Fsp3) is 0.522. The van der Waals surface area contributed by atoms with E-state index in [9.17, 15) is 18.0 Å². The predicted molar refractivity (Wildman–Crippen MR) is 115 cm³/mol. The Morgan fingerprint density at radius 3 is 2.61 bits per heavy atom. The van der Waals surface area contributed by atoms with E-state index in [1.807, 2.05) is 30.3 Å². The van der Waals surface area contributed by atoms with Crippen LogP contribution in [0.15, 0.2) is 41.3 Å². The summed E-state index contributed by atoms with van der Waals surface area (Å²) in [5, 5.41) is 4.54. The fourth-order valence-electron chi connectivity index (χ4n) is 5.26. The summed E-state index contributed by atoms with van der Waals surface area (Å²) in [4.78, 5) is 21.3. The first kappa shape index (κ1) is 22.1. The third-order valence-corrected chi connectivity index (χ3v) is 6.78. The molecule has 2 saturated heterocycles. The highest BCUT2D eigenvalue weighted by Gasteiger charge is 2.55. The monoisotopic (exact) mass is 461 g/mol. The largest absolute Gasteiger partial charge is 0.404 e. The first-order chi connectivity index (χ1) is 15.8. The summed E-state index contributed by atoms with van der Waals surface area (Å²) in [5.74, 6) is -0.621. The van der Waals surface area contributed by atoms with Crippen molar-refractivity contribution < 1.29 is 17.9 Å². The Hall–Kier alpha value is -2.72.